The maximum Gasteiger partial charge on any atom is 0.416 e. The molecule has 0 fully saturated rings. The predicted molar refractivity (Wildman–Crippen MR) is 125 cm³/mol. The standard InChI is InChI=1S/C24H25F3N6O3/c1-16-29-31-33(30-16)14-19-12-20(24(25,26)27)8-6-18(19)7-11-23(35)32(2)15-22(34)28-13-17-4-9-21(36-3)10-5-17/h4-12H,13-15H2,1-3H3,(H,28,34)/b11-7+. The molecule has 190 valence electrons. The van der Waals surface area contributed by atoms with Crippen molar-refractivity contribution < 1.29 is 27.5 Å². The Hall–Kier alpha value is -4.22. The Labute approximate surface area is 205 Å². The summed E-state index contributed by atoms with van der Waals surface area (Å²) in [6, 6.07) is 10.4. The van der Waals surface area contributed by atoms with Gasteiger partial charge in [0.05, 0.1) is 25.8 Å². The summed E-state index contributed by atoms with van der Waals surface area (Å²) in [6.07, 6.45) is -1.94. The summed E-state index contributed by atoms with van der Waals surface area (Å²) >= 11 is 0. The maximum atomic E-state index is 13.2. The molecule has 0 spiro atoms. The van der Waals surface area contributed by atoms with Crippen LogP contribution in [-0.4, -0.2) is 57.6 Å². The van der Waals surface area contributed by atoms with E-state index in [0.717, 1.165) is 17.7 Å². The normalized spacial score (nSPS) is 11.5. The van der Waals surface area contributed by atoms with Crippen molar-refractivity contribution >= 4 is 17.9 Å². The molecule has 12 heteroatoms. The Balaban J connectivity index is 1.64. The average Bonchev–Trinajstić information content (AvgIpc) is 3.25. The van der Waals surface area contributed by atoms with Crippen LogP contribution < -0.4 is 10.1 Å². The highest BCUT2D eigenvalue weighted by molar-refractivity contribution is 5.94. The number of aromatic nitrogens is 4. The fourth-order valence-corrected chi connectivity index (χ4v) is 3.21. The predicted octanol–water partition coefficient (Wildman–Crippen LogP) is 2.85. The van der Waals surface area contributed by atoms with E-state index in [9.17, 15) is 22.8 Å². The fourth-order valence-electron chi connectivity index (χ4n) is 3.21. The van der Waals surface area contributed by atoms with Crippen molar-refractivity contribution in [2.45, 2.75) is 26.2 Å². The Morgan fingerprint density at radius 2 is 1.89 bits per heavy atom. The molecule has 1 N–H and O–H groups in total. The number of aryl methyl sites for hydroxylation is 1. The molecule has 0 saturated heterocycles. The molecule has 0 atom stereocenters. The molecule has 0 aliphatic heterocycles. The second kappa shape index (κ2) is 11.5. The molecule has 0 unspecified atom stereocenters. The number of methoxy groups -OCH3 is 1. The van der Waals surface area contributed by atoms with Crippen LogP contribution in [0.4, 0.5) is 13.2 Å². The minimum atomic E-state index is -4.53. The zero-order valence-corrected chi connectivity index (χ0v) is 19.9. The van der Waals surface area contributed by atoms with Crippen LogP contribution in [0.2, 0.25) is 0 Å². The second-order valence-corrected chi connectivity index (χ2v) is 7.93. The summed E-state index contributed by atoms with van der Waals surface area (Å²) in [7, 11) is 3.01. The first-order chi connectivity index (χ1) is 17.0. The van der Waals surface area contributed by atoms with Crippen LogP contribution in [0.25, 0.3) is 6.08 Å². The van der Waals surface area contributed by atoms with E-state index in [1.165, 1.54) is 35.0 Å². The number of tetrazole rings is 1. The van der Waals surface area contributed by atoms with Crippen molar-refractivity contribution in [1.29, 1.82) is 0 Å². The number of benzene rings is 2. The molecule has 2 amide bonds. The van der Waals surface area contributed by atoms with E-state index >= 15 is 0 Å². The Kier molecular flexibility index (Phi) is 8.41. The van der Waals surface area contributed by atoms with Gasteiger partial charge in [-0.3, -0.25) is 9.59 Å². The van der Waals surface area contributed by atoms with Crippen LogP contribution in [0.15, 0.2) is 48.5 Å². The van der Waals surface area contributed by atoms with Crippen LogP contribution in [0.3, 0.4) is 0 Å². The van der Waals surface area contributed by atoms with E-state index in [2.05, 4.69) is 20.7 Å². The molecular weight excluding hydrogens is 477 g/mol. The molecule has 3 aromatic rings. The molecule has 0 bridgehead atoms. The van der Waals surface area contributed by atoms with E-state index in [1.54, 1.807) is 26.2 Å². The summed E-state index contributed by atoms with van der Waals surface area (Å²) in [6.45, 7) is 1.63. The van der Waals surface area contributed by atoms with Gasteiger partial charge in [-0.05, 0) is 59.2 Å². The molecule has 0 aliphatic rings. The van der Waals surface area contributed by atoms with Gasteiger partial charge >= 0.3 is 6.18 Å². The van der Waals surface area contributed by atoms with Crippen molar-refractivity contribution in [3.05, 3.63) is 76.6 Å². The number of nitrogens with one attached hydrogen (secondary N) is 1. The molecule has 0 aliphatic carbocycles. The van der Waals surface area contributed by atoms with Gasteiger partial charge in [0, 0.05) is 19.7 Å². The quantitative estimate of drug-likeness (QED) is 0.452. The van der Waals surface area contributed by atoms with Crippen molar-refractivity contribution in [3.63, 3.8) is 0 Å². The van der Waals surface area contributed by atoms with Gasteiger partial charge in [-0.15, -0.1) is 10.2 Å². The number of ether oxygens (including phenoxy) is 1. The molecule has 0 radical (unpaired) electrons. The van der Waals surface area contributed by atoms with Crippen LogP contribution in [0.1, 0.15) is 28.1 Å². The molecular formula is C24H25F3N6O3. The molecule has 9 nitrogen and oxygen atoms in total. The van der Waals surface area contributed by atoms with Gasteiger partial charge in [-0.2, -0.15) is 18.0 Å². The Morgan fingerprint density at radius 3 is 2.50 bits per heavy atom. The molecule has 1 heterocycles. The number of carbonyl (C=O) groups is 2. The van der Waals surface area contributed by atoms with E-state index in [0.29, 0.717) is 17.1 Å². The maximum absolute atomic E-state index is 13.2. The van der Waals surface area contributed by atoms with Gasteiger partial charge in [0.25, 0.3) is 0 Å². The second-order valence-electron chi connectivity index (χ2n) is 7.93. The highest BCUT2D eigenvalue weighted by atomic mass is 19.4. The van der Waals surface area contributed by atoms with Crippen LogP contribution in [0, 0.1) is 6.92 Å². The number of nitrogens with zero attached hydrogens (tertiary/aromatic N) is 5. The lowest BCUT2D eigenvalue weighted by Crippen LogP contribution is -2.37. The van der Waals surface area contributed by atoms with Gasteiger partial charge in [-0.1, -0.05) is 18.2 Å². The van der Waals surface area contributed by atoms with Crippen molar-refractivity contribution in [1.82, 2.24) is 30.4 Å². The summed E-state index contributed by atoms with van der Waals surface area (Å²) in [5, 5.41) is 14.2. The summed E-state index contributed by atoms with van der Waals surface area (Å²) in [5.41, 5.74) is 0.670. The molecule has 3 rings (SSSR count). The van der Waals surface area contributed by atoms with Gasteiger partial charge in [0.15, 0.2) is 5.82 Å². The van der Waals surface area contributed by atoms with E-state index in [4.69, 9.17) is 4.74 Å². The number of carbonyl (C=O) groups excluding carboxylic acids is 2. The van der Waals surface area contributed by atoms with E-state index in [1.807, 2.05) is 12.1 Å². The minimum Gasteiger partial charge on any atom is -0.497 e. The van der Waals surface area contributed by atoms with Crippen molar-refractivity contribution in [2.24, 2.45) is 0 Å². The largest absolute Gasteiger partial charge is 0.497 e. The monoisotopic (exact) mass is 502 g/mol. The Morgan fingerprint density at radius 1 is 1.17 bits per heavy atom. The van der Waals surface area contributed by atoms with Crippen LogP contribution in [0.5, 0.6) is 5.75 Å². The summed E-state index contributed by atoms with van der Waals surface area (Å²) in [5.74, 6) is 0.222. The number of likely N-dealkylation sites (N-methyl/N-ethyl adjacent to an activating group) is 1. The smallest absolute Gasteiger partial charge is 0.416 e. The zero-order chi connectivity index (χ0) is 26.3. The number of hydrogen-bond acceptors (Lipinski definition) is 6. The topological polar surface area (TPSA) is 102 Å². The summed E-state index contributed by atoms with van der Waals surface area (Å²) in [4.78, 5) is 27.1. The average molecular weight is 502 g/mol. The number of hydrogen-bond donors (Lipinski definition) is 1. The minimum absolute atomic E-state index is 0.0672. The molecule has 0 saturated carbocycles. The zero-order valence-electron chi connectivity index (χ0n) is 19.9. The van der Waals surface area contributed by atoms with Gasteiger partial charge in [0.1, 0.15) is 5.75 Å². The first-order valence-corrected chi connectivity index (χ1v) is 10.8. The highest BCUT2D eigenvalue weighted by Crippen LogP contribution is 2.31. The van der Waals surface area contributed by atoms with E-state index in [-0.39, 0.29) is 31.1 Å². The van der Waals surface area contributed by atoms with Crippen molar-refractivity contribution in [2.75, 3.05) is 20.7 Å². The SMILES string of the molecule is COc1ccc(CNC(=O)CN(C)C(=O)/C=C/c2ccc(C(F)(F)F)cc2Cn2nnc(C)n2)cc1. The van der Waals surface area contributed by atoms with Gasteiger partial charge < -0.3 is 15.0 Å². The van der Waals surface area contributed by atoms with Gasteiger partial charge in [-0.25, -0.2) is 0 Å². The first kappa shape index (κ1) is 26.4. The molecule has 2 aromatic carbocycles. The lowest BCUT2D eigenvalue weighted by atomic mass is 10.0. The summed E-state index contributed by atoms with van der Waals surface area (Å²) < 4.78 is 44.7. The fraction of sp³-hybridized carbons (Fsp3) is 0.292. The van der Waals surface area contributed by atoms with Gasteiger partial charge in [0.2, 0.25) is 11.8 Å². The van der Waals surface area contributed by atoms with Crippen LogP contribution in [-0.2, 0) is 28.9 Å². The first-order valence-electron chi connectivity index (χ1n) is 10.8. The van der Waals surface area contributed by atoms with E-state index < -0.39 is 17.6 Å². The third-order valence-electron chi connectivity index (χ3n) is 5.15. The third kappa shape index (κ3) is 7.39. The number of alkyl halides is 3. The third-order valence-corrected chi connectivity index (χ3v) is 5.15. The number of halogens is 3. The Bertz CT molecular complexity index is 1240. The molecule has 1 aromatic heterocycles. The lowest BCUT2D eigenvalue weighted by Gasteiger charge is -2.15. The van der Waals surface area contributed by atoms with Crippen molar-refractivity contribution in [3.8, 4) is 5.75 Å². The number of amides is 2. The highest BCUT2D eigenvalue weighted by Gasteiger charge is 2.31. The number of rotatable bonds is 9. The molecule has 36 heavy (non-hydrogen) atoms. The van der Waals surface area contributed by atoms with Crippen LogP contribution >= 0.6 is 0 Å². The lowest BCUT2D eigenvalue weighted by molar-refractivity contribution is -0.137.